The Labute approximate surface area is 144 Å². The van der Waals surface area contributed by atoms with Crippen LogP contribution in [0.5, 0.6) is 0 Å². The fourth-order valence-corrected chi connectivity index (χ4v) is 2.53. The van der Waals surface area contributed by atoms with Gasteiger partial charge in [0.05, 0.1) is 11.3 Å². The van der Waals surface area contributed by atoms with E-state index in [4.69, 9.17) is 4.74 Å². The zero-order valence-corrected chi connectivity index (χ0v) is 14.6. The van der Waals surface area contributed by atoms with Crippen molar-refractivity contribution in [1.29, 1.82) is 0 Å². The number of rotatable bonds is 1. The summed E-state index contributed by atoms with van der Waals surface area (Å²) in [5.74, 6) is -1.08. The van der Waals surface area contributed by atoms with Crippen LogP contribution < -0.4 is 0 Å². The zero-order chi connectivity index (χ0) is 18.3. The summed E-state index contributed by atoms with van der Waals surface area (Å²) in [6.45, 7) is 4.86. The number of hydrogen-bond donors (Lipinski definition) is 0. The van der Waals surface area contributed by atoms with Gasteiger partial charge in [0.25, 0.3) is 0 Å². The van der Waals surface area contributed by atoms with Crippen molar-refractivity contribution in [1.82, 2.24) is 4.57 Å². The van der Waals surface area contributed by atoms with Gasteiger partial charge in [-0.3, -0.25) is 4.57 Å². The van der Waals surface area contributed by atoms with Crippen LogP contribution in [0, 0.1) is 5.82 Å². The third kappa shape index (κ3) is 3.98. The molecule has 0 atom stereocenters. The molecule has 24 heavy (non-hydrogen) atoms. The quantitative estimate of drug-likeness (QED) is 0.554. The van der Waals surface area contributed by atoms with Crippen molar-refractivity contribution in [2.24, 2.45) is 0 Å². The molecule has 130 valence electrons. The Morgan fingerprint density at radius 1 is 1.21 bits per heavy atom. The van der Waals surface area contributed by atoms with Gasteiger partial charge in [-0.25, -0.2) is 9.18 Å². The Kier molecular flexibility index (Phi) is 4.81. The number of ether oxygens (including phenoxy) is 1. The van der Waals surface area contributed by atoms with Gasteiger partial charge in [-0.15, -0.1) is 0 Å². The van der Waals surface area contributed by atoms with Crippen molar-refractivity contribution in [2.75, 3.05) is 0 Å². The predicted octanol–water partition coefficient (Wildman–Crippen LogP) is 5.86. The molecule has 1 aromatic heterocycles. The lowest BCUT2D eigenvalue weighted by Gasteiger charge is -2.21. The highest BCUT2D eigenvalue weighted by molar-refractivity contribution is 9.10. The largest absolute Gasteiger partial charge is 0.443 e. The van der Waals surface area contributed by atoms with E-state index in [9.17, 15) is 22.4 Å². The summed E-state index contributed by atoms with van der Waals surface area (Å²) in [4.78, 5) is 12.3. The molecule has 0 N–H and O–H groups in total. The first-order chi connectivity index (χ1) is 10.9. The number of alkyl halides is 3. The standard InChI is InChI=1S/C16H14BrF4NO2/c1-15(2,3)24-14(23)22-8-9(17)7-12(22)13-10(16(19,20)21)5-4-6-11(13)18/h4-8H,1-3H3. The molecule has 0 bridgehead atoms. The van der Waals surface area contributed by atoms with Gasteiger partial charge in [0.2, 0.25) is 0 Å². The zero-order valence-electron chi connectivity index (χ0n) is 13.0. The van der Waals surface area contributed by atoms with Gasteiger partial charge in [0.1, 0.15) is 11.4 Å². The second-order valence-corrected chi connectivity index (χ2v) is 6.97. The van der Waals surface area contributed by atoms with E-state index in [1.165, 1.54) is 12.3 Å². The van der Waals surface area contributed by atoms with Crippen LogP contribution in [0.4, 0.5) is 22.4 Å². The maximum atomic E-state index is 14.2. The third-order valence-corrected chi connectivity index (χ3v) is 3.39. The van der Waals surface area contributed by atoms with Crippen molar-refractivity contribution in [3.05, 3.63) is 46.3 Å². The molecule has 0 aliphatic heterocycles. The summed E-state index contributed by atoms with van der Waals surface area (Å²) in [6, 6.07) is 3.87. The molecular formula is C16H14BrF4NO2. The van der Waals surface area contributed by atoms with Gasteiger partial charge in [-0.05, 0) is 54.9 Å². The molecule has 0 spiro atoms. The molecule has 0 radical (unpaired) electrons. The third-order valence-electron chi connectivity index (χ3n) is 2.95. The fourth-order valence-electron chi connectivity index (χ4n) is 2.11. The van der Waals surface area contributed by atoms with E-state index < -0.39 is 34.8 Å². The molecule has 1 heterocycles. The van der Waals surface area contributed by atoms with Gasteiger partial charge >= 0.3 is 12.3 Å². The van der Waals surface area contributed by atoms with E-state index in [2.05, 4.69) is 15.9 Å². The molecule has 0 fully saturated rings. The monoisotopic (exact) mass is 407 g/mol. The van der Waals surface area contributed by atoms with Gasteiger partial charge < -0.3 is 4.74 Å². The molecule has 2 aromatic rings. The summed E-state index contributed by atoms with van der Waals surface area (Å²) in [5, 5.41) is 0. The van der Waals surface area contributed by atoms with Crippen molar-refractivity contribution < 1.29 is 27.1 Å². The minimum atomic E-state index is -4.77. The van der Waals surface area contributed by atoms with Gasteiger partial charge in [-0.1, -0.05) is 6.07 Å². The Morgan fingerprint density at radius 3 is 2.38 bits per heavy atom. The van der Waals surface area contributed by atoms with Crippen LogP contribution >= 0.6 is 15.9 Å². The van der Waals surface area contributed by atoms with Crippen LogP contribution in [0.25, 0.3) is 11.3 Å². The Bertz CT molecular complexity index is 775. The molecule has 0 aliphatic carbocycles. The molecule has 2 rings (SSSR count). The number of aromatic nitrogens is 1. The number of benzene rings is 1. The fraction of sp³-hybridized carbons (Fsp3) is 0.312. The van der Waals surface area contributed by atoms with Gasteiger partial charge in [-0.2, -0.15) is 13.2 Å². The Balaban J connectivity index is 2.66. The number of carbonyl (C=O) groups is 1. The predicted molar refractivity (Wildman–Crippen MR) is 84.2 cm³/mol. The second kappa shape index (κ2) is 6.23. The first-order valence-electron chi connectivity index (χ1n) is 6.87. The van der Waals surface area contributed by atoms with Gasteiger partial charge in [0.15, 0.2) is 0 Å². The van der Waals surface area contributed by atoms with E-state index in [0.717, 1.165) is 22.8 Å². The van der Waals surface area contributed by atoms with Crippen molar-refractivity contribution in [2.45, 2.75) is 32.5 Å². The van der Waals surface area contributed by atoms with Crippen LogP contribution in [0.15, 0.2) is 34.9 Å². The minimum absolute atomic E-state index is 0.249. The van der Waals surface area contributed by atoms with Crippen molar-refractivity contribution in [3.63, 3.8) is 0 Å². The average molecular weight is 408 g/mol. The van der Waals surface area contributed by atoms with E-state index in [1.54, 1.807) is 20.8 Å². The maximum Gasteiger partial charge on any atom is 0.419 e. The second-order valence-electron chi connectivity index (χ2n) is 6.05. The van der Waals surface area contributed by atoms with Crippen LogP contribution in [0.1, 0.15) is 26.3 Å². The SMILES string of the molecule is CC(C)(C)OC(=O)n1cc(Br)cc1-c1c(F)cccc1C(F)(F)F. The highest BCUT2D eigenvalue weighted by atomic mass is 79.9. The van der Waals surface area contributed by atoms with Crippen LogP contribution in [-0.4, -0.2) is 16.3 Å². The molecule has 3 nitrogen and oxygen atoms in total. The lowest BCUT2D eigenvalue weighted by atomic mass is 10.0. The number of hydrogen-bond acceptors (Lipinski definition) is 2. The molecule has 0 saturated carbocycles. The molecule has 8 heteroatoms. The van der Waals surface area contributed by atoms with Gasteiger partial charge in [0, 0.05) is 16.2 Å². The molecule has 0 saturated heterocycles. The average Bonchev–Trinajstić information content (AvgIpc) is 2.77. The lowest BCUT2D eigenvalue weighted by molar-refractivity contribution is -0.137. The van der Waals surface area contributed by atoms with Crippen LogP contribution in [-0.2, 0) is 10.9 Å². The smallest absolute Gasteiger partial charge is 0.419 e. The topological polar surface area (TPSA) is 31.2 Å². The molecule has 0 unspecified atom stereocenters. The van der Waals surface area contributed by atoms with Crippen molar-refractivity contribution >= 4 is 22.0 Å². The molecule has 0 amide bonds. The minimum Gasteiger partial charge on any atom is -0.443 e. The summed E-state index contributed by atoms with van der Waals surface area (Å²) in [7, 11) is 0. The summed E-state index contributed by atoms with van der Waals surface area (Å²) in [5.41, 5.74) is -2.98. The maximum absolute atomic E-state index is 14.2. The number of halogens is 5. The van der Waals surface area contributed by atoms with Crippen LogP contribution in [0.2, 0.25) is 0 Å². The summed E-state index contributed by atoms with van der Waals surface area (Å²) < 4.78 is 60.2. The van der Waals surface area contributed by atoms with E-state index in [-0.39, 0.29) is 5.69 Å². The molecule has 0 aliphatic rings. The highest BCUT2D eigenvalue weighted by Crippen LogP contribution is 2.39. The number of carbonyl (C=O) groups excluding carboxylic acids is 1. The van der Waals surface area contributed by atoms with E-state index >= 15 is 0 Å². The molecule has 1 aromatic carbocycles. The molecular weight excluding hydrogens is 394 g/mol. The van der Waals surface area contributed by atoms with E-state index in [1.807, 2.05) is 0 Å². The lowest BCUT2D eigenvalue weighted by Crippen LogP contribution is -2.27. The van der Waals surface area contributed by atoms with Crippen LogP contribution in [0.3, 0.4) is 0 Å². The normalized spacial score (nSPS) is 12.3. The van der Waals surface area contributed by atoms with E-state index in [0.29, 0.717) is 4.47 Å². The highest BCUT2D eigenvalue weighted by Gasteiger charge is 2.36. The first-order valence-corrected chi connectivity index (χ1v) is 7.67. The first kappa shape index (κ1) is 18.5. The Hall–Kier alpha value is -1.83. The summed E-state index contributed by atoms with van der Waals surface area (Å²) >= 11 is 3.10. The van der Waals surface area contributed by atoms with Crippen molar-refractivity contribution in [3.8, 4) is 11.3 Å². The Morgan fingerprint density at radius 2 is 1.83 bits per heavy atom. The summed E-state index contributed by atoms with van der Waals surface area (Å²) in [6.07, 6.45) is -4.44. The number of nitrogens with zero attached hydrogens (tertiary/aromatic N) is 1.